The lowest BCUT2D eigenvalue weighted by Gasteiger charge is -2.10. The Hall–Kier alpha value is -3.07. The van der Waals surface area contributed by atoms with E-state index in [0.717, 1.165) is 12.0 Å². The third-order valence-electron chi connectivity index (χ3n) is 4.48. The molecule has 0 radical (unpaired) electrons. The standard InChI is InChI=1S/C19H21N5O3S/c1-5-6-13-17(24(26)27)16(23(4)22-13)15-9-14(20-19(28)21-15)12-8-10(2)7-11(3)18(12)25/h7-9,25H,5-6H2,1-4H3,(H,20,21,28). The number of phenolic OH excluding ortho intramolecular Hbond substituents is 1. The lowest BCUT2D eigenvalue weighted by Crippen LogP contribution is -2.00. The van der Waals surface area contributed by atoms with Crippen LogP contribution in [0.2, 0.25) is 0 Å². The van der Waals surface area contributed by atoms with Crippen molar-refractivity contribution in [2.24, 2.45) is 7.05 Å². The molecule has 0 saturated carbocycles. The molecule has 0 bridgehead atoms. The summed E-state index contributed by atoms with van der Waals surface area (Å²) < 4.78 is 1.65. The van der Waals surface area contributed by atoms with E-state index in [0.29, 0.717) is 40.3 Å². The summed E-state index contributed by atoms with van der Waals surface area (Å²) in [4.78, 5) is 18.6. The monoisotopic (exact) mass is 399 g/mol. The first-order valence-corrected chi connectivity index (χ1v) is 9.26. The fourth-order valence-corrected chi connectivity index (χ4v) is 3.55. The van der Waals surface area contributed by atoms with E-state index in [9.17, 15) is 15.2 Å². The molecule has 1 aromatic carbocycles. The van der Waals surface area contributed by atoms with E-state index >= 15 is 0 Å². The summed E-state index contributed by atoms with van der Waals surface area (Å²) in [6.45, 7) is 5.67. The maximum Gasteiger partial charge on any atom is 0.319 e. The maximum absolute atomic E-state index is 11.7. The van der Waals surface area contributed by atoms with E-state index < -0.39 is 4.92 Å². The molecular weight excluding hydrogens is 378 g/mol. The predicted octanol–water partition coefficient (Wildman–Crippen LogP) is 4.39. The van der Waals surface area contributed by atoms with Crippen LogP contribution in [0.4, 0.5) is 5.69 Å². The van der Waals surface area contributed by atoms with Crippen molar-refractivity contribution >= 4 is 17.9 Å². The molecule has 0 fully saturated rings. The second kappa shape index (κ2) is 7.51. The molecule has 0 amide bonds. The van der Waals surface area contributed by atoms with Gasteiger partial charge in [0.25, 0.3) is 0 Å². The van der Waals surface area contributed by atoms with Crippen molar-refractivity contribution in [3.63, 3.8) is 0 Å². The fourth-order valence-electron chi connectivity index (χ4n) is 3.35. The number of hydrogen-bond donors (Lipinski definition) is 2. The van der Waals surface area contributed by atoms with Gasteiger partial charge in [-0.25, -0.2) is 4.98 Å². The Balaban J connectivity index is 2.27. The van der Waals surface area contributed by atoms with Gasteiger partial charge in [0.05, 0.1) is 16.3 Å². The van der Waals surface area contributed by atoms with Gasteiger partial charge in [0.15, 0.2) is 10.5 Å². The number of nitrogens with zero attached hydrogens (tertiary/aromatic N) is 4. The highest BCUT2D eigenvalue weighted by atomic mass is 32.1. The van der Waals surface area contributed by atoms with Crippen LogP contribution in [-0.2, 0) is 13.5 Å². The van der Waals surface area contributed by atoms with Crippen molar-refractivity contribution in [2.75, 3.05) is 0 Å². The Morgan fingerprint density at radius 2 is 2.04 bits per heavy atom. The van der Waals surface area contributed by atoms with Crippen LogP contribution in [0.1, 0.15) is 30.2 Å². The van der Waals surface area contributed by atoms with Crippen LogP contribution in [0.3, 0.4) is 0 Å². The van der Waals surface area contributed by atoms with Gasteiger partial charge in [0.2, 0.25) is 0 Å². The zero-order valence-electron chi connectivity index (χ0n) is 16.1. The average molecular weight is 399 g/mol. The van der Waals surface area contributed by atoms with Crippen LogP contribution in [0, 0.1) is 28.7 Å². The van der Waals surface area contributed by atoms with Crippen LogP contribution < -0.4 is 0 Å². The van der Waals surface area contributed by atoms with Crippen LogP contribution in [0.25, 0.3) is 22.6 Å². The van der Waals surface area contributed by atoms with Crippen molar-refractivity contribution in [1.29, 1.82) is 0 Å². The Morgan fingerprint density at radius 1 is 1.32 bits per heavy atom. The fraction of sp³-hybridized carbons (Fsp3) is 0.316. The Morgan fingerprint density at radius 3 is 2.68 bits per heavy atom. The summed E-state index contributed by atoms with van der Waals surface area (Å²) in [6.07, 6.45) is 1.24. The number of aromatic amines is 1. The van der Waals surface area contributed by atoms with Crippen molar-refractivity contribution < 1.29 is 10.0 Å². The van der Waals surface area contributed by atoms with Crippen LogP contribution in [0.5, 0.6) is 5.75 Å². The predicted molar refractivity (Wildman–Crippen MR) is 109 cm³/mol. The molecule has 2 aromatic heterocycles. The zero-order chi connectivity index (χ0) is 20.6. The number of nitro groups is 1. The number of nitrogens with one attached hydrogen (secondary N) is 1. The number of phenols is 1. The van der Waals surface area contributed by atoms with E-state index in [4.69, 9.17) is 12.2 Å². The number of aromatic nitrogens is 4. The summed E-state index contributed by atoms with van der Waals surface area (Å²) >= 11 is 5.26. The summed E-state index contributed by atoms with van der Waals surface area (Å²) in [5.74, 6) is 0.107. The Labute approximate surface area is 167 Å². The quantitative estimate of drug-likeness (QED) is 0.374. The Bertz CT molecular complexity index is 1130. The Kier molecular flexibility index (Phi) is 5.28. The summed E-state index contributed by atoms with van der Waals surface area (Å²) in [5.41, 5.74) is 3.78. The molecule has 8 nitrogen and oxygen atoms in total. The van der Waals surface area contributed by atoms with Gasteiger partial charge in [-0.1, -0.05) is 19.4 Å². The van der Waals surface area contributed by atoms with Gasteiger partial charge in [-0.15, -0.1) is 0 Å². The lowest BCUT2D eigenvalue weighted by atomic mass is 10.0. The van der Waals surface area contributed by atoms with Crippen molar-refractivity contribution in [3.05, 3.63) is 49.9 Å². The number of H-pyrrole nitrogens is 1. The normalized spacial score (nSPS) is 11.0. The van der Waals surface area contributed by atoms with E-state index in [2.05, 4.69) is 15.1 Å². The summed E-state index contributed by atoms with van der Waals surface area (Å²) in [7, 11) is 1.66. The molecule has 3 aromatic rings. The number of hydrogen-bond acceptors (Lipinski definition) is 6. The molecule has 2 heterocycles. The van der Waals surface area contributed by atoms with Gasteiger partial charge in [-0.05, 0) is 55.7 Å². The largest absolute Gasteiger partial charge is 0.507 e. The third kappa shape index (κ3) is 3.53. The van der Waals surface area contributed by atoms with E-state index in [1.54, 1.807) is 20.0 Å². The average Bonchev–Trinajstić information content (AvgIpc) is 2.94. The second-order valence-corrected chi connectivity index (χ2v) is 7.12. The van der Waals surface area contributed by atoms with Crippen LogP contribution in [-0.4, -0.2) is 29.8 Å². The van der Waals surface area contributed by atoms with Gasteiger partial charge < -0.3 is 10.1 Å². The third-order valence-corrected chi connectivity index (χ3v) is 4.68. The molecule has 146 valence electrons. The van der Waals surface area contributed by atoms with Crippen molar-refractivity contribution in [3.8, 4) is 28.4 Å². The molecule has 2 N–H and O–H groups in total. The summed E-state index contributed by atoms with van der Waals surface area (Å²) in [5, 5.41) is 26.6. The topological polar surface area (TPSA) is 110 Å². The molecule has 0 atom stereocenters. The minimum Gasteiger partial charge on any atom is -0.507 e. The van der Waals surface area contributed by atoms with Crippen LogP contribution in [0.15, 0.2) is 18.2 Å². The SMILES string of the molecule is CCCc1nn(C)c(-c2cc(-c3cc(C)cc(C)c3O)nc(=S)[nH]2)c1[N+](=O)[O-]. The number of rotatable bonds is 5. The van der Waals surface area contributed by atoms with E-state index in [1.165, 1.54) is 4.68 Å². The highest BCUT2D eigenvalue weighted by Gasteiger charge is 2.28. The molecule has 0 aliphatic rings. The molecule has 0 saturated heterocycles. The molecule has 0 spiro atoms. The van der Waals surface area contributed by atoms with E-state index in [1.807, 2.05) is 26.0 Å². The second-order valence-electron chi connectivity index (χ2n) is 6.74. The minimum absolute atomic E-state index is 0.0446. The van der Waals surface area contributed by atoms with Crippen molar-refractivity contribution in [2.45, 2.75) is 33.6 Å². The smallest absolute Gasteiger partial charge is 0.319 e. The molecule has 0 aliphatic heterocycles. The van der Waals surface area contributed by atoms with Gasteiger partial charge in [0, 0.05) is 12.6 Å². The number of aryl methyl sites for hydroxylation is 4. The first-order valence-electron chi connectivity index (χ1n) is 8.85. The van der Waals surface area contributed by atoms with Gasteiger partial charge >= 0.3 is 5.69 Å². The first kappa shape index (κ1) is 19.7. The molecule has 0 unspecified atom stereocenters. The number of aromatic hydroxyl groups is 1. The molecule has 28 heavy (non-hydrogen) atoms. The molecule has 9 heteroatoms. The maximum atomic E-state index is 11.7. The van der Waals surface area contributed by atoms with Gasteiger partial charge in [0.1, 0.15) is 11.4 Å². The first-order chi connectivity index (χ1) is 13.2. The van der Waals surface area contributed by atoms with Gasteiger partial charge in [-0.2, -0.15) is 5.10 Å². The van der Waals surface area contributed by atoms with Crippen molar-refractivity contribution in [1.82, 2.24) is 19.7 Å². The summed E-state index contributed by atoms with van der Waals surface area (Å²) in [6, 6.07) is 5.33. The molecular formula is C19H21N5O3S. The van der Waals surface area contributed by atoms with Crippen LogP contribution >= 0.6 is 12.2 Å². The highest BCUT2D eigenvalue weighted by molar-refractivity contribution is 7.71. The lowest BCUT2D eigenvalue weighted by molar-refractivity contribution is -0.384. The van der Waals surface area contributed by atoms with E-state index in [-0.39, 0.29) is 16.2 Å². The number of benzene rings is 1. The molecule has 0 aliphatic carbocycles. The minimum atomic E-state index is -0.418. The highest BCUT2D eigenvalue weighted by Crippen LogP contribution is 2.36. The van der Waals surface area contributed by atoms with Gasteiger partial charge in [-0.3, -0.25) is 14.8 Å². The molecule has 3 rings (SSSR count). The zero-order valence-corrected chi connectivity index (χ0v) is 16.9.